The van der Waals surface area contributed by atoms with Crippen molar-refractivity contribution in [3.05, 3.63) is 47.7 Å². The third-order valence-electron chi connectivity index (χ3n) is 2.82. The highest BCUT2D eigenvalue weighted by Crippen LogP contribution is 2.23. The molecule has 1 aromatic carbocycles. The molecule has 0 aliphatic carbocycles. The summed E-state index contributed by atoms with van der Waals surface area (Å²) in [5.74, 6) is 0.615. The van der Waals surface area contributed by atoms with Crippen LogP contribution in [0.5, 0.6) is 11.6 Å². The van der Waals surface area contributed by atoms with Gasteiger partial charge in [0, 0.05) is 12.7 Å². The normalized spacial score (nSPS) is 10.9. The zero-order valence-corrected chi connectivity index (χ0v) is 12.6. The van der Waals surface area contributed by atoms with E-state index in [1.165, 1.54) is 12.3 Å². The topological polar surface area (TPSA) is 47.0 Å². The molecule has 2 rings (SSSR count). The van der Waals surface area contributed by atoms with Crippen LogP contribution in [0.1, 0.15) is 25.1 Å². The summed E-state index contributed by atoms with van der Waals surface area (Å²) in [6.45, 7) is 7.67. The molecule has 0 radical (unpaired) electrons. The molecule has 0 saturated carbocycles. The van der Waals surface area contributed by atoms with Gasteiger partial charge in [0.2, 0.25) is 5.88 Å². The van der Waals surface area contributed by atoms with Crippen molar-refractivity contribution in [2.75, 3.05) is 6.54 Å². The second-order valence-electron chi connectivity index (χ2n) is 5.41. The summed E-state index contributed by atoms with van der Waals surface area (Å²) in [5.41, 5.74) is 1.69. The maximum Gasteiger partial charge on any atom is 0.238 e. The Hall–Kier alpha value is -2.01. The number of hydrogen-bond acceptors (Lipinski definition) is 4. The average molecular weight is 289 g/mol. The Bertz CT molecular complexity index is 602. The fourth-order valence-electron chi connectivity index (χ4n) is 1.81. The molecule has 1 aromatic heterocycles. The second kappa shape index (κ2) is 7.13. The summed E-state index contributed by atoms with van der Waals surface area (Å²) in [6, 6.07) is 4.72. The lowest BCUT2D eigenvalue weighted by molar-refractivity contribution is 0.422. The van der Waals surface area contributed by atoms with Crippen LogP contribution in [-0.2, 0) is 6.54 Å². The van der Waals surface area contributed by atoms with Gasteiger partial charge in [-0.25, -0.2) is 9.37 Å². The van der Waals surface area contributed by atoms with Crippen LogP contribution >= 0.6 is 0 Å². The van der Waals surface area contributed by atoms with E-state index in [1.54, 1.807) is 18.3 Å². The molecule has 0 bridgehead atoms. The zero-order valence-electron chi connectivity index (χ0n) is 12.6. The largest absolute Gasteiger partial charge is 0.434 e. The van der Waals surface area contributed by atoms with Crippen molar-refractivity contribution in [3.8, 4) is 11.6 Å². The molecule has 2 aromatic rings. The van der Waals surface area contributed by atoms with Gasteiger partial charge in [0.1, 0.15) is 0 Å². The van der Waals surface area contributed by atoms with Gasteiger partial charge in [-0.1, -0.05) is 19.9 Å². The summed E-state index contributed by atoms with van der Waals surface area (Å²) in [4.78, 5) is 8.40. The van der Waals surface area contributed by atoms with Crippen molar-refractivity contribution in [1.29, 1.82) is 0 Å². The van der Waals surface area contributed by atoms with E-state index in [2.05, 4.69) is 29.1 Å². The average Bonchev–Trinajstić information content (AvgIpc) is 2.43. The first-order valence-electron chi connectivity index (χ1n) is 7.00. The lowest BCUT2D eigenvalue weighted by Crippen LogP contribution is -2.19. The van der Waals surface area contributed by atoms with Gasteiger partial charge in [0.05, 0.1) is 11.9 Å². The maximum atomic E-state index is 13.7. The summed E-state index contributed by atoms with van der Waals surface area (Å²) < 4.78 is 19.1. The first-order chi connectivity index (χ1) is 10.0. The molecule has 0 spiro atoms. The number of ether oxygens (including phenoxy) is 1. The van der Waals surface area contributed by atoms with Crippen LogP contribution in [0.25, 0.3) is 0 Å². The van der Waals surface area contributed by atoms with Gasteiger partial charge in [0.25, 0.3) is 0 Å². The Morgan fingerprint density at radius 3 is 2.86 bits per heavy atom. The molecule has 0 aliphatic rings. The van der Waals surface area contributed by atoms with Crippen LogP contribution in [-0.4, -0.2) is 16.5 Å². The molecule has 21 heavy (non-hydrogen) atoms. The Morgan fingerprint density at radius 2 is 2.10 bits per heavy atom. The Balaban J connectivity index is 2.05. The molecule has 0 amide bonds. The lowest BCUT2D eigenvalue weighted by Gasteiger charge is -2.09. The first kappa shape index (κ1) is 15.4. The van der Waals surface area contributed by atoms with E-state index in [0.717, 1.165) is 17.8 Å². The molecule has 0 fully saturated rings. The molecule has 1 N–H and O–H groups in total. The molecule has 0 saturated heterocycles. The third kappa shape index (κ3) is 4.79. The molecule has 0 unspecified atom stereocenters. The maximum absolute atomic E-state index is 13.7. The van der Waals surface area contributed by atoms with Crippen molar-refractivity contribution in [1.82, 2.24) is 15.3 Å². The molecule has 112 valence electrons. The number of aromatic nitrogens is 2. The molecule has 4 nitrogen and oxygen atoms in total. The minimum absolute atomic E-state index is 0.164. The van der Waals surface area contributed by atoms with Gasteiger partial charge in [-0.05, 0) is 37.1 Å². The summed E-state index contributed by atoms with van der Waals surface area (Å²) in [6.07, 6.45) is 3.15. The molecule has 5 heteroatoms. The molecule has 1 heterocycles. The first-order valence-corrected chi connectivity index (χ1v) is 7.00. The van der Waals surface area contributed by atoms with Crippen molar-refractivity contribution in [2.45, 2.75) is 27.3 Å². The van der Waals surface area contributed by atoms with Gasteiger partial charge >= 0.3 is 0 Å². The number of benzene rings is 1. The molecular weight excluding hydrogens is 269 g/mol. The lowest BCUT2D eigenvalue weighted by atomic mass is 10.2. The third-order valence-corrected chi connectivity index (χ3v) is 2.82. The predicted molar refractivity (Wildman–Crippen MR) is 79.8 cm³/mol. The minimum atomic E-state index is -0.411. The highest BCUT2D eigenvalue weighted by molar-refractivity contribution is 5.32. The quantitative estimate of drug-likeness (QED) is 0.884. The van der Waals surface area contributed by atoms with Crippen LogP contribution in [0.4, 0.5) is 4.39 Å². The zero-order chi connectivity index (χ0) is 15.2. The van der Waals surface area contributed by atoms with Crippen LogP contribution < -0.4 is 10.1 Å². The summed E-state index contributed by atoms with van der Waals surface area (Å²) in [5, 5.41) is 3.28. The minimum Gasteiger partial charge on any atom is -0.434 e. The van der Waals surface area contributed by atoms with Crippen molar-refractivity contribution in [2.24, 2.45) is 5.92 Å². The predicted octanol–water partition coefficient (Wildman–Crippen LogP) is 3.46. The highest BCUT2D eigenvalue weighted by atomic mass is 19.1. The Morgan fingerprint density at radius 1 is 1.29 bits per heavy atom. The van der Waals surface area contributed by atoms with E-state index in [-0.39, 0.29) is 5.75 Å². The van der Waals surface area contributed by atoms with Gasteiger partial charge < -0.3 is 10.1 Å². The van der Waals surface area contributed by atoms with Gasteiger partial charge in [-0.3, -0.25) is 4.98 Å². The monoisotopic (exact) mass is 289 g/mol. The standard InChI is InChI=1S/C16H20FN3O/c1-11(2)7-18-8-13-9-19-10-16(20-13)21-15-6-12(3)4-5-14(15)17/h4-6,9-11,18H,7-8H2,1-3H3. The van der Waals surface area contributed by atoms with E-state index in [0.29, 0.717) is 18.3 Å². The van der Waals surface area contributed by atoms with Crippen LogP contribution in [0.3, 0.4) is 0 Å². The SMILES string of the molecule is Cc1ccc(F)c(Oc2cncc(CNCC(C)C)n2)c1. The number of nitrogens with one attached hydrogen (secondary N) is 1. The second-order valence-corrected chi connectivity index (χ2v) is 5.41. The smallest absolute Gasteiger partial charge is 0.238 e. The van der Waals surface area contributed by atoms with E-state index in [4.69, 9.17) is 4.74 Å². The Kier molecular flexibility index (Phi) is 5.22. The number of halogens is 1. The highest BCUT2D eigenvalue weighted by Gasteiger charge is 2.07. The van der Waals surface area contributed by atoms with Gasteiger partial charge in [-0.15, -0.1) is 0 Å². The van der Waals surface area contributed by atoms with Gasteiger partial charge in [0.15, 0.2) is 11.6 Å². The van der Waals surface area contributed by atoms with E-state index in [1.807, 2.05) is 6.92 Å². The van der Waals surface area contributed by atoms with Crippen molar-refractivity contribution < 1.29 is 9.13 Å². The number of nitrogens with zero attached hydrogens (tertiary/aromatic N) is 2. The summed E-state index contributed by atoms with van der Waals surface area (Å²) >= 11 is 0. The van der Waals surface area contributed by atoms with Crippen LogP contribution in [0.2, 0.25) is 0 Å². The fourth-order valence-corrected chi connectivity index (χ4v) is 1.81. The number of aryl methyl sites for hydroxylation is 1. The fraction of sp³-hybridized carbons (Fsp3) is 0.375. The van der Waals surface area contributed by atoms with E-state index < -0.39 is 5.82 Å². The number of rotatable bonds is 6. The van der Waals surface area contributed by atoms with E-state index in [9.17, 15) is 4.39 Å². The van der Waals surface area contributed by atoms with Crippen molar-refractivity contribution >= 4 is 0 Å². The van der Waals surface area contributed by atoms with E-state index >= 15 is 0 Å². The molecule has 0 aliphatic heterocycles. The van der Waals surface area contributed by atoms with Crippen LogP contribution in [0.15, 0.2) is 30.6 Å². The summed E-state index contributed by atoms with van der Waals surface area (Å²) in [7, 11) is 0. The molecular formula is C16H20FN3O. The molecule has 0 atom stereocenters. The van der Waals surface area contributed by atoms with Crippen LogP contribution in [0, 0.1) is 18.7 Å². The van der Waals surface area contributed by atoms with Gasteiger partial charge in [-0.2, -0.15) is 0 Å². The Labute approximate surface area is 124 Å². The van der Waals surface area contributed by atoms with Crippen molar-refractivity contribution in [3.63, 3.8) is 0 Å². The number of hydrogen-bond donors (Lipinski definition) is 1.